The summed E-state index contributed by atoms with van der Waals surface area (Å²) in [5.74, 6) is 0.205. The van der Waals surface area contributed by atoms with Gasteiger partial charge in [-0.2, -0.15) is 0 Å². The average molecular weight is 336 g/mol. The Balaban J connectivity index is 2.04. The first-order valence-corrected chi connectivity index (χ1v) is 9.49. The van der Waals surface area contributed by atoms with Crippen LogP contribution in [0.25, 0.3) is 0 Å². The van der Waals surface area contributed by atoms with Crippen LogP contribution in [0.15, 0.2) is 12.1 Å². The molecule has 20 heavy (non-hydrogen) atoms. The van der Waals surface area contributed by atoms with E-state index in [1.165, 1.54) is 6.26 Å². The van der Waals surface area contributed by atoms with Crippen molar-refractivity contribution >= 4 is 33.0 Å². The smallest absolute Gasteiger partial charge is 0.147 e. The molecule has 0 saturated carbocycles. The van der Waals surface area contributed by atoms with Crippen LogP contribution < -0.4 is 5.32 Å². The maximum atomic E-state index is 11.2. The molecule has 0 radical (unpaired) electrons. The molecule has 0 aromatic heterocycles. The van der Waals surface area contributed by atoms with Crippen LogP contribution in [0.4, 0.5) is 0 Å². The van der Waals surface area contributed by atoms with E-state index in [4.69, 9.17) is 23.2 Å². The van der Waals surface area contributed by atoms with E-state index in [-0.39, 0.29) is 17.8 Å². The molecule has 0 amide bonds. The summed E-state index contributed by atoms with van der Waals surface area (Å²) in [7, 11) is -2.91. The van der Waals surface area contributed by atoms with Gasteiger partial charge in [-0.1, -0.05) is 23.2 Å². The van der Waals surface area contributed by atoms with Gasteiger partial charge in [0.15, 0.2) is 0 Å². The minimum absolute atomic E-state index is 0.137. The number of benzene rings is 1. The molecule has 0 saturated heterocycles. The molecule has 0 heterocycles. The van der Waals surface area contributed by atoms with Crippen molar-refractivity contribution in [3.8, 4) is 0 Å². The van der Waals surface area contributed by atoms with Crippen molar-refractivity contribution in [3.63, 3.8) is 0 Å². The van der Waals surface area contributed by atoms with E-state index in [1.807, 2.05) is 13.0 Å². The molecule has 0 bridgehead atoms. The number of rotatable bonds is 5. The lowest BCUT2D eigenvalue weighted by molar-refractivity contribution is 0.444. The van der Waals surface area contributed by atoms with Gasteiger partial charge in [0.25, 0.3) is 0 Å². The largest absolute Gasteiger partial charge is 0.307 e. The fraction of sp³-hybridized carbons (Fsp3) is 0.571. The summed E-state index contributed by atoms with van der Waals surface area (Å²) in [6.07, 6.45) is 3.78. The van der Waals surface area contributed by atoms with Crippen molar-refractivity contribution < 1.29 is 8.42 Å². The van der Waals surface area contributed by atoms with Gasteiger partial charge in [0.2, 0.25) is 0 Å². The van der Waals surface area contributed by atoms with E-state index in [0.717, 1.165) is 29.0 Å². The zero-order valence-electron chi connectivity index (χ0n) is 11.6. The normalized spacial score (nSPS) is 19.9. The zero-order valence-corrected chi connectivity index (χ0v) is 13.9. The minimum Gasteiger partial charge on any atom is -0.307 e. The molecule has 1 aromatic carbocycles. The summed E-state index contributed by atoms with van der Waals surface area (Å²) in [5, 5.41) is 4.85. The van der Waals surface area contributed by atoms with Crippen molar-refractivity contribution in [1.29, 1.82) is 0 Å². The van der Waals surface area contributed by atoms with Gasteiger partial charge in [0, 0.05) is 28.4 Å². The topological polar surface area (TPSA) is 46.2 Å². The number of hydrogen-bond acceptors (Lipinski definition) is 3. The fourth-order valence-electron chi connectivity index (χ4n) is 2.63. The maximum absolute atomic E-state index is 11.2. The van der Waals surface area contributed by atoms with Crippen molar-refractivity contribution in [2.45, 2.75) is 38.3 Å². The molecule has 1 aliphatic carbocycles. The Morgan fingerprint density at radius 3 is 2.75 bits per heavy atom. The van der Waals surface area contributed by atoms with Gasteiger partial charge < -0.3 is 5.32 Å². The van der Waals surface area contributed by atoms with Gasteiger partial charge in [-0.3, -0.25) is 0 Å². The van der Waals surface area contributed by atoms with Crippen LogP contribution in [0, 0.1) is 0 Å². The first-order chi connectivity index (χ1) is 9.26. The van der Waals surface area contributed by atoms with Crippen LogP contribution in [0.5, 0.6) is 0 Å². The molecule has 0 spiro atoms. The highest BCUT2D eigenvalue weighted by Crippen LogP contribution is 2.38. The molecule has 3 nitrogen and oxygen atoms in total. The Morgan fingerprint density at radius 1 is 1.40 bits per heavy atom. The third kappa shape index (κ3) is 4.10. The SMILES string of the molecule is C[C@@H](CCS(C)(=O)=O)N[C@@H]1CCc2c(Cl)cc(Cl)cc21. The predicted molar refractivity (Wildman–Crippen MR) is 84.4 cm³/mol. The van der Waals surface area contributed by atoms with Gasteiger partial charge >= 0.3 is 0 Å². The Labute approximate surface area is 130 Å². The average Bonchev–Trinajstić information content (AvgIpc) is 2.69. The standard InChI is InChI=1S/C14H19Cl2NO2S/c1-9(5-6-20(2,18)19)17-14-4-3-11-12(14)7-10(15)8-13(11)16/h7-9,14,17H,3-6H2,1-2H3/t9-,14+/m0/s1. The molecule has 1 aliphatic rings. The molecule has 2 atom stereocenters. The van der Waals surface area contributed by atoms with Gasteiger partial charge in [0.1, 0.15) is 9.84 Å². The zero-order chi connectivity index (χ0) is 14.9. The Bertz CT molecular complexity index is 601. The molecule has 0 aliphatic heterocycles. The first kappa shape index (κ1) is 16.1. The van der Waals surface area contributed by atoms with Crippen molar-refractivity contribution in [2.75, 3.05) is 12.0 Å². The van der Waals surface area contributed by atoms with Crippen LogP contribution in [0.3, 0.4) is 0 Å². The maximum Gasteiger partial charge on any atom is 0.147 e. The Morgan fingerprint density at radius 2 is 2.10 bits per heavy atom. The van der Waals surface area contributed by atoms with Crippen molar-refractivity contribution in [3.05, 3.63) is 33.3 Å². The predicted octanol–water partition coefficient (Wildman–Crippen LogP) is 3.39. The second-order valence-corrected chi connectivity index (χ2v) is 8.64. The lowest BCUT2D eigenvalue weighted by Gasteiger charge is -2.20. The van der Waals surface area contributed by atoms with Crippen LogP contribution in [-0.2, 0) is 16.3 Å². The van der Waals surface area contributed by atoms with Crippen molar-refractivity contribution in [1.82, 2.24) is 5.32 Å². The van der Waals surface area contributed by atoms with Gasteiger partial charge in [-0.05, 0) is 49.4 Å². The summed E-state index contributed by atoms with van der Waals surface area (Å²) in [6, 6.07) is 4.07. The molecule has 112 valence electrons. The number of halogens is 2. The van der Waals surface area contributed by atoms with Gasteiger partial charge in [0.05, 0.1) is 5.75 Å². The highest BCUT2D eigenvalue weighted by molar-refractivity contribution is 7.90. The fourth-order valence-corrected chi connectivity index (χ4v) is 4.02. The monoisotopic (exact) mass is 335 g/mol. The number of fused-ring (bicyclic) bond motifs is 1. The molecular formula is C14H19Cl2NO2S. The van der Waals surface area contributed by atoms with Crippen LogP contribution in [-0.4, -0.2) is 26.5 Å². The summed E-state index contributed by atoms with van der Waals surface area (Å²) >= 11 is 12.3. The van der Waals surface area contributed by atoms with E-state index in [2.05, 4.69) is 5.32 Å². The molecule has 1 aromatic rings. The minimum atomic E-state index is -2.91. The highest BCUT2D eigenvalue weighted by atomic mass is 35.5. The molecule has 2 rings (SSSR count). The second kappa shape index (κ2) is 6.22. The molecule has 0 unspecified atom stereocenters. The Kier molecular flexibility index (Phi) is 5.00. The summed E-state index contributed by atoms with van der Waals surface area (Å²) in [6.45, 7) is 2.01. The summed E-state index contributed by atoms with van der Waals surface area (Å²) < 4.78 is 22.4. The number of sulfone groups is 1. The third-order valence-electron chi connectivity index (χ3n) is 3.66. The highest BCUT2D eigenvalue weighted by Gasteiger charge is 2.26. The summed E-state index contributed by atoms with van der Waals surface area (Å²) in [4.78, 5) is 0. The molecular weight excluding hydrogens is 317 g/mol. The van der Waals surface area contributed by atoms with Crippen LogP contribution >= 0.6 is 23.2 Å². The second-order valence-electron chi connectivity index (χ2n) is 5.53. The van der Waals surface area contributed by atoms with E-state index in [0.29, 0.717) is 11.4 Å². The van der Waals surface area contributed by atoms with Gasteiger partial charge in [-0.25, -0.2) is 8.42 Å². The van der Waals surface area contributed by atoms with E-state index in [1.54, 1.807) is 6.07 Å². The number of nitrogens with one attached hydrogen (secondary N) is 1. The lowest BCUT2D eigenvalue weighted by atomic mass is 10.1. The first-order valence-electron chi connectivity index (χ1n) is 6.68. The van der Waals surface area contributed by atoms with Gasteiger partial charge in [-0.15, -0.1) is 0 Å². The van der Waals surface area contributed by atoms with E-state index in [9.17, 15) is 8.42 Å². The summed E-state index contributed by atoms with van der Waals surface area (Å²) in [5.41, 5.74) is 2.30. The van der Waals surface area contributed by atoms with Crippen LogP contribution in [0.1, 0.15) is 36.9 Å². The van der Waals surface area contributed by atoms with E-state index < -0.39 is 9.84 Å². The lowest BCUT2D eigenvalue weighted by Crippen LogP contribution is -2.31. The molecule has 1 N–H and O–H groups in total. The molecule has 0 fully saturated rings. The number of hydrogen-bond donors (Lipinski definition) is 1. The quantitative estimate of drug-likeness (QED) is 0.896. The Hall–Kier alpha value is -0.290. The van der Waals surface area contributed by atoms with Crippen molar-refractivity contribution in [2.24, 2.45) is 0 Å². The van der Waals surface area contributed by atoms with E-state index >= 15 is 0 Å². The molecule has 6 heteroatoms. The van der Waals surface area contributed by atoms with Crippen LogP contribution in [0.2, 0.25) is 10.0 Å². The third-order valence-corrected chi connectivity index (χ3v) is 5.19.